The van der Waals surface area contributed by atoms with E-state index in [1.54, 1.807) is 0 Å². The van der Waals surface area contributed by atoms with Crippen LogP contribution in [0.15, 0.2) is 42.6 Å². The molecule has 0 aliphatic carbocycles. The first-order valence-electron chi connectivity index (χ1n) is 6.60. The highest BCUT2D eigenvalue weighted by atomic mass is 16.5. The minimum atomic E-state index is 0.127. The summed E-state index contributed by atoms with van der Waals surface area (Å²) in [4.78, 5) is 4.36. The van der Waals surface area contributed by atoms with E-state index in [1.165, 1.54) is 11.1 Å². The summed E-state index contributed by atoms with van der Waals surface area (Å²) in [5.74, 6) is 0.675. The molecule has 0 unspecified atom stereocenters. The lowest BCUT2D eigenvalue weighted by atomic mass is 9.88. The van der Waals surface area contributed by atoms with E-state index >= 15 is 0 Å². The van der Waals surface area contributed by atoms with E-state index in [4.69, 9.17) is 4.74 Å². The lowest BCUT2D eigenvalue weighted by molar-refractivity contribution is 0.293. The third-order valence-corrected chi connectivity index (χ3v) is 3.11. The van der Waals surface area contributed by atoms with Crippen molar-refractivity contribution in [1.82, 2.24) is 4.98 Å². The minimum absolute atomic E-state index is 0.127. The van der Waals surface area contributed by atoms with Crippen LogP contribution >= 0.6 is 0 Å². The molecule has 0 amide bonds. The molecule has 2 nitrogen and oxygen atoms in total. The molecule has 0 bridgehead atoms. The maximum absolute atomic E-state index is 5.69. The Morgan fingerprint density at radius 2 is 1.68 bits per heavy atom. The van der Waals surface area contributed by atoms with Crippen LogP contribution in [0.5, 0.6) is 5.88 Å². The molecular formula is C17H21NO. The summed E-state index contributed by atoms with van der Waals surface area (Å²) in [6, 6.07) is 12.4. The van der Waals surface area contributed by atoms with Crippen molar-refractivity contribution >= 4 is 0 Å². The van der Waals surface area contributed by atoms with Crippen molar-refractivity contribution in [3.8, 4) is 5.88 Å². The van der Waals surface area contributed by atoms with Crippen LogP contribution in [-0.2, 0) is 12.0 Å². The normalized spacial score (nSPS) is 11.4. The average Bonchev–Trinajstić information content (AvgIpc) is 2.37. The predicted octanol–water partition coefficient (Wildman–Crippen LogP) is 4.27. The summed E-state index contributed by atoms with van der Waals surface area (Å²) >= 11 is 0. The maximum Gasteiger partial charge on any atom is 0.213 e. The van der Waals surface area contributed by atoms with Crippen molar-refractivity contribution < 1.29 is 4.74 Å². The first-order chi connectivity index (χ1) is 8.95. The van der Waals surface area contributed by atoms with Gasteiger partial charge < -0.3 is 4.74 Å². The third-order valence-electron chi connectivity index (χ3n) is 3.11. The molecule has 0 fully saturated rings. The molecule has 1 aromatic carbocycles. The van der Waals surface area contributed by atoms with Crippen LogP contribution in [0.2, 0.25) is 0 Å². The van der Waals surface area contributed by atoms with Gasteiger partial charge in [-0.25, -0.2) is 4.98 Å². The summed E-state index contributed by atoms with van der Waals surface area (Å²) in [5, 5.41) is 0. The van der Waals surface area contributed by atoms with Crippen molar-refractivity contribution in [2.24, 2.45) is 0 Å². The summed E-state index contributed by atoms with van der Waals surface area (Å²) < 4.78 is 5.69. The first kappa shape index (κ1) is 13.6. The van der Waals surface area contributed by atoms with Crippen LogP contribution in [0.4, 0.5) is 0 Å². The van der Waals surface area contributed by atoms with Crippen LogP contribution < -0.4 is 4.74 Å². The van der Waals surface area contributed by atoms with Gasteiger partial charge in [0.1, 0.15) is 6.61 Å². The Balaban J connectivity index is 1.98. The summed E-state index contributed by atoms with van der Waals surface area (Å²) in [7, 11) is 0. The van der Waals surface area contributed by atoms with Gasteiger partial charge in [-0.3, -0.25) is 0 Å². The molecule has 0 aliphatic heterocycles. The quantitative estimate of drug-likeness (QED) is 0.817. The number of hydrogen-bond acceptors (Lipinski definition) is 2. The Morgan fingerprint density at radius 1 is 1.00 bits per heavy atom. The monoisotopic (exact) mass is 255 g/mol. The standard InChI is InChI=1S/C17H21NO/c1-13-5-7-14(8-6-13)12-19-16-10-9-15(11-18-16)17(2,3)4/h5-11H,12H2,1-4H3. The van der Waals surface area contributed by atoms with Crippen LogP contribution in [0, 0.1) is 6.92 Å². The highest BCUT2D eigenvalue weighted by molar-refractivity contribution is 5.24. The smallest absolute Gasteiger partial charge is 0.213 e. The van der Waals surface area contributed by atoms with E-state index < -0.39 is 0 Å². The highest BCUT2D eigenvalue weighted by Gasteiger charge is 2.13. The molecule has 19 heavy (non-hydrogen) atoms. The minimum Gasteiger partial charge on any atom is -0.473 e. The predicted molar refractivity (Wildman–Crippen MR) is 78.4 cm³/mol. The summed E-state index contributed by atoms with van der Waals surface area (Å²) in [6.45, 7) is 9.17. The van der Waals surface area contributed by atoms with Gasteiger partial charge in [0, 0.05) is 12.3 Å². The summed E-state index contributed by atoms with van der Waals surface area (Å²) in [6.07, 6.45) is 1.89. The van der Waals surface area contributed by atoms with Gasteiger partial charge in [0.05, 0.1) is 0 Å². The van der Waals surface area contributed by atoms with Gasteiger partial charge in [0.2, 0.25) is 5.88 Å². The second-order valence-electron chi connectivity index (χ2n) is 5.91. The Labute approximate surface area is 115 Å². The molecule has 0 spiro atoms. The van der Waals surface area contributed by atoms with Gasteiger partial charge in [0.15, 0.2) is 0 Å². The number of hydrogen-bond donors (Lipinski definition) is 0. The fourth-order valence-corrected chi connectivity index (χ4v) is 1.75. The molecule has 2 heteroatoms. The zero-order valence-corrected chi connectivity index (χ0v) is 12.1. The first-order valence-corrected chi connectivity index (χ1v) is 6.60. The van der Waals surface area contributed by atoms with Crippen LogP contribution in [0.1, 0.15) is 37.5 Å². The van der Waals surface area contributed by atoms with E-state index in [-0.39, 0.29) is 5.41 Å². The van der Waals surface area contributed by atoms with Gasteiger partial charge >= 0.3 is 0 Å². The second-order valence-corrected chi connectivity index (χ2v) is 5.91. The number of nitrogens with zero attached hydrogens (tertiary/aromatic N) is 1. The molecule has 2 aromatic rings. The second kappa shape index (κ2) is 5.43. The Kier molecular flexibility index (Phi) is 3.89. The van der Waals surface area contributed by atoms with Gasteiger partial charge in [-0.15, -0.1) is 0 Å². The maximum atomic E-state index is 5.69. The lowest BCUT2D eigenvalue weighted by Crippen LogP contribution is -2.11. The average molecular weight is 255 g/mol. The fraction of sp³-hybridized carbons (Fsp3) is 0.353. The van der Waals surface area contributed by atoms with E-state index in [2.05, 4.69) is 63.0 Å². The Bertz CT molecular complexity index is 521. The topological polar surface area (TPSA) is 22.1 Å². The van der Waals surface area contributed by atoms with Gasteiger partial charge in [-0.1, -0.05) is 56.7 Å². The molecule has 0 N–H and O–H groups in total. The number of ether oxygens (including phenoxy) is 1. The number of benzene rings is 1. The van der Waals surface area contributed by atoms with Crippen molar-refractivity contribution in [1.29, 1.82) is 0 Å². The molecule has 100 valence electrons. The van der Waals surface area contributed by atoms with E-state index in [1.807, 2.05) is 12.3 Å². The van der Waals surface area contributed by atoms with E-state index in [0.29, 0.717) is 12.5 Å². The molecular weight excluding hydrogens is 234 g/mol. The zero-order chi connectivity index (χ0) is 13.9. The molecule has 0 aliphatic rings. The molecule has 0 radical (unpaired) electrons. The number of pyridine rings is 1. The largest absolute Gasteiger partial charge is 0.473 e. The molecule has 1 aromatic heterocycles. The molecule has 0 saturated heterocycles. The number of rotatable bonds is 3. The summed E-state index contributed by atoms with van der Waals surface area (Å²) in [5.41, 5.74) is 3.77. The Hall–Kier alpha value is -1.83. The molecule has 0 saturated carbocycles. The van der Waals surface area contributed by atoms with Crippen LogP contribution in [-0.4, -0.2) is 4.98 Å². The SMILES string of the molecule is Cc1ccc(COc2ccc(C(C)(C)C)cn2)cc1. The molecule has 2 rings (SSSR count). The lowest BCUT2D eigenvalue weighted by Gasteiger charge is -2.18. The van der Waals surface area contributed by atoms with E-state index in [0.717, 1.165) is 5.56 Å². The van der Waals surface area contributed by atoms with E-state index in [9.17, 15) is 0 Å². The van der Waals surface area contributed by atoms with Gasteiger partial charge in [-0.2, -0.15) is 0 Å². The highest BCUT2D eigenvalue weighted by Crippen LogP contribution is 2.22. The zero-order valence-electron chi connectivity index (χ0n) is 12.1. The van der Waals surface area contributed by atoms with Crippen molar-refractivity contribution in [3.05, 3.63) is 59.3 Å². The Morgan fingerprint density at radius 3 is 2.21 bits per heavy atom. The van der Waals surface area contributed by atoms with Crippen LogP contribution in [0.25, 0.3) is 0 Å². The number of aromatic nitrogens is 1. The van der Waals surface area contributed by atoms with Crippen molar-refractivity contribution in [2.75, 3.05) is 0 Å². The van der Waals surface area contributed by atoms with Crippen molar-refractivity contribution in [2.45, 2.75) is 39.7 Å². The third kappa shape index (κ3) is 3.82. The fourth-order valence-electron chi connectivity index (χ4n) is 1.75. The van der Waals surface area contributed by atoms with Gasteiger partial charge in [-0.05, 0) is 23.5 Å². The van der Waals surface area contributed by atoms with Crippen LogP contribution in [0.3, 0.4) is 0 Å². The molecule has 0 atom stereocenters. The molecule has 1 heterocycles. The van der Waals surface area contributed by atoms with Crippen molar-refractivity contribution in [3.63, 3.8) is 0 Å². The van der Waals surface area contributed by atoms with Gasteiger partial charge in [0.25, 0.3) is 0 Å². The number of aryl methyl sites for hydroxylation is 1.